The normalized spacial score (nSPS) is 19.3. The van der Waals surface area contributed by atoms with E-state index < -0.39 is 21.0 Å². The quantitative estimate of drug-likeness (QED) is 0.795. The van der Waals surface area contributed by atoms with E-state index in [1.165, 1.54) is 24.0 Å². The number of morpholine rings is 1. The van der Waals surface area contributed by atoms with Crippen LogP contribution < -0.4 is 9.47 Å². The van der Waals surface area contributed by atoms with Crippen molar-refractivity contribution in [2.75, 3.05) is 39.5 Å². The van der Waals surface area contributed by atoms with Gasteiger partial charge in [0.15, 0.2) is 21.3 Å². The first-order chi connectivity index (χ1) is 11.0. The van der Waals surface area contributed by atoms with Crippen LogP contribution in [0.15, 0.2) is 23.1 Å². The molecule has 1 atom stereocenters. The van der Waals surface area contributed by atoms with E-state index in [2.05, 4.69) is 0 Å². The molecule has 1 amide bonds. The summed E-state index contributed by atoms with van der Waals surface area (Å²) in [6.45, 7) is 3.93. The van der Waals surface area contributed by atoms with Gasteiger partial charge in [0.25, 0.3) is 0 Å². The molecule has 2 aliphatic rings. The Hall–Kier alpha value is -1.80. The molecule has 0 spiro atoms. The second-order valence-electron chi connectivity index (χ2n) is 5.43. The molecule has 3 rings (SSSR count). The first-order valence-electron chi connectivity index (χ1n) is 7.50. The van der Waals surface area contributed by atoms with E-state index in [-0.39, 0.29) is 4.90 Å². The van der Waals surface area contributed by atoms with Gasteiger partial charge in [0.1, 0.15) is 18.5 Å². The summed E-state index contributed by atoms with van der Waals surface area (Å²) >= 11 is 0. The molecule has 126 valence electrons. The lowest BCUT2D eigenvalue weighted by Crippen LogP contribution is -2.47. The molecule has 1 saturated heterocycles. The SMILES string of the molecule is C[C@@H](C(=O)N1CCOCC1)S(=O)(=O)c1ccc2c(c1)OCCO2. The second kappa shape index (κ2) is 6.37. The van der Waals surface area contributed by atoms with Gasteiger partial charge in [0.05, 0.1) is 18.1 Å². The average molecular weight is 341 g/mol. The number of benzene rings is 1. The molecule has 0 bridgehead atoms. The summed E-state index contributed by atoms with van der Waals surface area (Å²) in [5, 5.41) is -1.15. The number of amides is 1. The fourth-order valence-corrected chi connectivity index (χ4v) is 3.93. The summed E-state index contributed by atoms with van der Waals surface area (Å²) in [5.74, 6) is 0.508. The minimum absolute atomic E-state index is 0.0656. The van der Waals surface area contributed by atoms with Crippen molar-refractivity contribution in [1.82, 2.24) is 4.90 Å². The van der Waals surface area contributed by atoms with Gasteiger partial charge in [-0.1, -0.05) is 0 Å². The Bertz CT molecular complexity index is 696. The average Bonchev–Trinajstić information content (AvgIpc) is 2.60. The van der Waals surface area contributed by atoms with Crippen molar-refractivity contribution in [3.8, 4) is 11.5 Å². The third kappa shape index (κ3) is 3.13. The van der Waals surface area contributed by atoms with Gasteiger partial charge in [-0.25, -0.2) is 8.42 Å². The van der Waals surface area contributed by atoms with E-state index in [1.807, 2.05) is 0 Å². The van der Waals surface area contributed by atoms with Crippen LogP contribution in [0.1, 0.15) is 6.92 Å². The van der Waals surface area contributed by atoms with Crippen molar-refractivity contribution >= 4 is 15.7 Å². The minimum Gasteiger partial charge on any atom is -0.486 e. The summed E-state index contributed by atoms with van der Waals surface area (Å²) in [6.07, 6.45) is 0. The highest BCUT2D eigenvalue weighted by atomic mass is 32.2. The maximum Gasteiger partial charge on any atom is 0.241 e. The third-order valence-corrected chi connectivity index (χ3v) is 6.02. The van der Waals surface area contributed by atoms with E-state index in [0.29, 0.717) is 51.0 Å². The number of carbonyl (C=O) groups excluding carboxylic acids is 1. The van der Waals surface area contributed by atoms with Crippen molar-refractivity contribution in [3.63, 3.8) is 0 Å². The van der Waals surface area contributed by atoms with Crippen LogP contribution in [-0.2, 0) is 19.4 Å². The molecule has 7 nitrogen and oxygen atoms in total. The summed E-state index contributed by atoms with van der Waals surface area (Å²) in [4.78, 5) is 14.0. The molecule has 0 N–H and O–H groups in total. The van der Waals surface area contributed by atoms with Crippen LogP contribution in [0, 0.1) is 0 Å². The fourth-order valence-electron chi connectivity index (χ4n) is 2.58. The number of hydrogen-bond donors (Lipinski definition) is 0. The van der Waals surface area contributed by atoms with Gasteiger partial charge in [-0.15, -0.1) is 0 Å². The highest BCUT2D eigenvalue weighted by Crippen LogP contribution is 2.33. The van der Waals surface area contributed by atoms with Crippen LogP contribution in [-0.4, -0.2) is 64.0 Å². The Morgan fingerprint density at radius 2 is 1.74 bits per heavy atom. The molecule has 2 heterocycles. The summed E-state index contributed by atoms with van der Waals surface area (Å²) in [5.41, 5.74) is 0. The van der Waals surface area contributed by atoms with E-state index in [9.17, 15) is 13.2 Å². The second-order valence-corrected chi connectivity index (χ2v) is 7.70. The summed E-state index contributed by atoms with van der Waals surface area (Å²) in [6, 6.07) is 4.44. The number of carbonyl (C=O) groups is 1. The van der Waals surface area contributed by atoms with Crippen molar-refractivity contribution in [2.45, 2.75) is 17.1 Å². The van der Waals surface area contributed by atoms with Crippen LogP contribution in [0.2, 0.25) is 0 Å². The van der Waals surface area contributed by atoms with Crippen molar-refractivity contribution in [3.05, 3.63) is 18.2 Å². The zero-order valence-corrected chi connectivity index (χ0v) is 13.7. The van der Waals surface area contributed by atoms with Crippen molar-refractivity contribution in [2.24, 2.45) is 0 Å². The van der Waals surface area contributed by atoms with E-state index in [1.54, 1.807) is 6.07 Å². The van der Waals surface area contributed by atoms with Gasteiger partial charge >= 0.3 is 0 Å². The number of fused-ring (bicyclic) bond motifs is 1. The zero-order chi connectivity index (χ0) is 16.4. The number of sulfone groups is 1. The minimum atomic E-state index is -3.79. The van der Waals surface area contributed by atoms with Crippen LogP contribution in [0.25, 0.3) is 0 Å². The Kier molecular flexibility index (Phi) is 4.45. The first kappa shape index (κ1) is 16.1. The predicted octanol–water partition coefficient (Wildman–Crippen LogP) is 0.479. The number of nitrogens with zero attached hydrogens (tertiary/aromatic N) is 1. The van der Waals surface area contributed by atoms with Gasteiger partial charge in [0, 0.05) is 19.2 Å². The topological polar surface area (TPSA) is 82.1 Å². The number of ether oxygens (including phenoxy) is 3. The van der Waals surface area contributed by atoms with Crippen LogP contribution in [0.5, 0.6) is 11.5 Å². The first-order valence-corrected chi connectivity index (χ1v) is 9.05. The third-order valence-electron chi connectivity index (χ3n) is 3.98. The highest BCUT2D eigenvalue weighted by Gasteiger charge is 2.34. The lowest BCUT2D eigenvalue weighted by atomic mass is 10.3. The van der Waals surface area contributed by atoms with Gasteiger partial charge < -0.3 is 19.1 Å². The number of rotatable bonds is 3. The van der Waals surface area contributed by atoms with Gasteiger partial charge in [-0.2, -0.15) is 0 Å². The lowest BCUT2D eigenvalue weighted by Gasteiger charge is -2.29. The largest absolute Gasteiger partial charge is 0.486 e. The molecule has 0 aliphatic carbocycles. The van der Waals surface area contributed by atoms with E-state index in [0.717, 1.165) is 0 Å². The fraction of sp³-hybridized carbons (Fsp3) is 0.533. The van der Waals surface area contributed by atoms with Crippen LogP contribution >= 0.6 is 0 Å². The molecule has 2 aliphatic heterocycles. The monoisotopic (exact) mass is 341 g/mol. The summed E-state index contributed by atoms with van der Waals surface area (Å²) in [7, 11) is -3.79. The molecule has 1 aromatic rings. The Balaban J connectivity index is 1.83. The summed E-state index contributed by atoms with van der Waals surface area (Å²) < 4.78 is 41.4. The molecule has 1 aromatic carbocycles. The molecular formula is C15H19NO6S. The zero-order valence-electron chi connectivity index (χ0n) is 12.9. The Morgan fingerprint density at radius 1 is 1.09 bits per heavy atom. The standard InChI is InChI=1S/C15H19NO6S/c1-11(15(17)16-4-6-20-7-5-16)23(18,19)12-2-3-13-14(10-12)22-9-8-21-13/h2-3,10-11H,4-9H2,1H3/t11-/m0/s1. The van der Waals surface area contributed by atoms with E-state index in [4.69, 9.17) is 14.2 Å². The molecule has 0 aromatic heterocycles. The smallest absolute Gasteiger partial charge is 0.241 e. The molecule has 0 radical (unpaired) electrons. The maximum absolute atomic E-state index is 12.7. The molecule has 1 fully saturated rings. The Labute approximate surface area is 135 Å². The lowest BCUT2D eigenvalue weighted by molar-refractivity contribution is -0.134. The molecule has 0 unspecified atom stereocenters. The number of hydrogen-bond acceptors (Lipinski definition) is 6. The van der Waals surface area contributed by atoms with Crippen LogP contribution in [0.4, 0.5) is 0 Å². The van der Waals surface area contributed by atoms with Gasteiger partial charge in [-0.05, 0) is 19.1 Å². The van der Waals surface area contributed by atoms with Gasteiger partial charge in [0.2, 0.25) is 5.91 Å². The van der Waals surface area contributed by atoms with Gasteiger partial charge in [-0.3, -0.25) is 4.79 Å². The van der Waals surface area contributed by atoms with E-state index >= 15 is 0 Å². The predicted molar refractivity (Wildman–Crippen MR) is 81.5 cm³/mol. The molecule has 0 saturated carbocycles. The maximum atomic E-state index is 12.7. The Morgan fingerprint density at radius 3 is 2.43 bits per heavy atom. The highest BCUT2D eigenvalue weighted by molar-refractivity contribution is 7.92. The van der Waals surface area contributed by atoms with Crippen molar-refractivity contribution < 1.29 is 27.4 Å². The molecule has 23 heavy (non-hydrogen) atoms. The molecule has 8 heteroatoms. The van der Waals surface area contributed by atoms with Crippen molar-refractivity contribution in [1.29, 1.82) is 0 Å². The van der Waals surface area contributed by atoms with Crippen LogP contribution in [0.3, 0.4) is 0 Å². The molecular weight excluding hydrogens is 322 g/mol.